The van der Waals surface area contributed by atoms with Crippen molar-refractivity contribution in [1.82, 2.24) is 15.2 Å². The Morgan fingerprint density at radius 1 is 1.20 bits per heavy atom. The van der Waals surface area contributed by atoms with Crippen LogP contribution in [-0.4, -0.2) is 41.5 Å². The maximum absolute atomic E-state index is 12.5. The van der Waals surface area contributed by atoms with E-state index < -0.39 is 0 Å². The average molecular weight is 269 g/mol. The molecule has 20 heavy (non-hydrogen) atoms. The first-order valence-electron chi connectivity index (χ1n) is 7.03. The third-order valence-electron chi connectivity index (χ3n) is 3.75. The van der Waals surface area contributed by atoms with E-state index in [4.69, 9.17) is 0 Å². The Balaban J connectivity index is 1.76. The molecule has 0 spiro atoms. The van der Waals surface area contributed by atoms with Gasteiger partial charge >= 0.3 is 0 Å². The number of rotatable bonds is 3. The summed E-state index contributed by atoms with van der Waals surface area (Å²) in [4.78, 5) is 17.5. The van der Waals surface area contributed by atoms with Crippen LogP contribution in [0.2, 0.25) is 0 Å². The lowest BCUT2D eigenvalue weighted by molar-refractivity contribution is 0.0630. The molecule has 1 aliphatic heterocycles. The summed E-state index contributed by atoms with van der Waals surface area (Å²) in [6, 6.07) is 14.3. The van der Waals surface area contributed by atoms with E-state index in [1.807, 2.05) is 35.2 Å². The first-order chi connectivity index (χ1) is 9.84. The highest BCUT2D eigenvalue weighted by Crippen LogP contribution is 2.14. The maximum Gasteiger partial charge on any atom is 0.270 e. The number of aromatic nitrogens is 1. The Morgan fingerprint density at radius 3 is 2.80 bits per heavy atom. The Morgan fingerprint density at radius 2 is 2.05 bits per heavy atom. The molecule has 0 bridgehead atoms. The Hall–Kier alpha value is -2.07. The number of piperazine rings is 1. The second kappa shape index (κ2) is 5.92. The minimum absolute atomic E-state index is 0.0948. The zero-order valence-corrected chi connectivity index (χ0v) is 11.4. The smallest absolute Gasteiger partial charge is 0.270 e. The van der Waals surface area contributed by atoms with E-state index in [0.717, 1.165) is 26.1 Å². The van der Waals surface area contributed by atoms with Gasteiger partial charge in [0.2, 0.25) is 0 Å². The zero-order valence-electron chi connectivity index (χ0n) is 11.4. The minimum atomic E-state index is 0.0948. The van der Waals surface area contributed by atoms with Crippen LogP contribution >= 0.6 is 0 Å². The lowest BCUT2D eigenvalue weighted by Gasteiger charge is -2.36. The number of nitrogens with zero attached hydrogens (tertiary/aromatic N) is 1. The number of amides is 1. The Labute approximate surface area is 118 Å². The fraction of sp³-hybridized carbons (Fsp3) is 0.312. The van der Waals surface area contributed by atoms with Gasteiger partial charge in [-0.05, 0) is 24.1 Å². The van der Waals surface area contributed by atoms with E-state index in [1.54, 1.807) is 6.20 Å². The Bertz CT molecular complexity index is 550. The number of aromatic amines is 1. The molecular weight excluding hydrogens is 250 g/mol. The quantitative estimate of drug-likeness (QED) is 0.890. The Kier molecular flexibility index (Phi) is 3.83. The molecular formula is C16H19N3O. The molecule has 1 amide bonds. The van der Waals surface area contributed by atoms with Gasteiger partial charge in [0.1, 0.15) is 5.69 Å². The van der Waals surface area contributed by atoms with Crippen LogP contribution < -0.4 is 5.32 Å². The summed E-state index contributed by atoms with van der Waals surface area (Å²) in [5.41, 5.74) is 1.94. The molecule has 104 valence electrons. The van der Waals surface area contributed by atoms with Crippen LogP contribution in [0.15, 0.2) is 48.7 Å². The topological polar surface area (TPSA) is 48.1 Å². The molecule has 1 saturated heterocycles. The summed E-state index contributed by atoms with van der Waals surface area (Å²) in [5, 5.41) is 3.38. The van der Waals surface area contributed by atoms with Gasteiger partial charge in [-0.15, -0.1) is 0 Å². The average Bonchev–Trinajstić information content (AvgIpc) is 3.02. The van der Waals surface area contributed by atoms with E-state index >= 15 is 0 Å². The van der Waals surface area contributed by atoms with Crippen LogP contribution in [0.25, 0.3) is 0 Å². The number of H-pyrrole nitrogens is 1. The highest BCUT2D eigenvalue weighted by Gasteiger charge is 2.27. The third kappa shape index (κ3) is 2.75. The lowest BCUT2D eigenvalue weighted by atomic mass is 10.0. The second-order valence-electron chi connectivity index (χ2n) is 5.13. The van der Waals surface area contributed by atoms with Crippen molar-refractivity contribution in [2.45, 2.75) is 12.5 Å². The molecule has 1 fully saturated rings. The van der Waals surface area contributed by atoms with Crippen molar-refractivity contribution >= 4 is 5.91 Å². The van der Waals surface area contributed by atoms with Crippen molar-refractivity contribution in [3.8, 4) is 0 Å². The van der Waals surface area contributed by atoms with Crippen LogP contribution in [0.1, 0.15) is 16.1 Å². The van der Waals surface area contributed by atoms with Crippen molar-refractivity contribution < 1.29 is 4.79 Å². The summed E-state index contributed by atoms with van der Waals surface area (Å²) in [5.74, 6) is 0.0948. The normalized spacial score (nSPS) is 19.0. The van der Waals surface area contributed by atoms with E-state index in [-0.39, 0.29) is 11.9 Å². The molecule has 0 radical (unpaired) electrons. The van der Waals surface area contributed by atoms with Gasteiger partial charge in [-0.1, -0.05) is 30.3 Å². The first-order valence-corrected chi connectivity index (χ1v) is 7.03. The number of benzene rings is 1. The van der Waals surface area contributed by atoms with Crippen molar-refractivity contribution in [2.75, 3.05) is 19.6 Å². The van der Waals surface area contributed by atoms with Gasteiger partial charge in [0.05, 0.1) is 0 Å². The highest BCUT2D eigenvalue weighted by atomic mass is 16.2. The lowest BCUT2D eigenvalue weighted by Crippen LogP contribution is -2.54. The molecule has 0 saturated carbocycles. The van der Waals surface area contributed by atoms with E-state index in [9.17, 15) is 4.79 Å². The summed E-state index contributed by atoms with van der Waals surface area (Å²) >= 11 is 0. The number of nitrogens with one attached hydrogen (secondary N) is 2. The van der Waals surface area contributed by atoms with Crippen molar-refractivity contribution in [2.24, 2.45) is 0 Å². The monoisotopic (exact) mass is 269 g/mol. The predicted octanol–water partition coefficient (Wildman–Crippen LogP) is 1.67. The molecule has 4 heteroatoms. The van der Waals surface area contributed by atoms with Crippen LogP contribution in [0.5, 0.6) is 0 Å². The third-order valence-corrected chi connectivity index (χ3v) is 3.75. The van der Waals surface area contributed by atoms with Crippen LogP contribution in [0.4, 0.5) is 0 Å². The van der Waals surface area contributed by atoms with E-state index in [2.05, 4.69) is 22.4 Å². The number of carbonyl (C=O) groups is 1. The summed E-state index contributed by atoms with van der Waals surface area (Å²) in [7, 11) is 0. The van der Waals surface area contributed by atoms with Gasteiger partial charge in [0.15, 0.2) is 0 Å². The van der Waals surface area contributed by atoms with Gasteiger partial charge in [0.25, 0.3) is 5.91 Å². The van der Waals surface area contributed by atoms with Gasteiger partial charge in [0, 0.05) is 31.9 Å². The summed E-state index contributed by atoms with van der Waals surface area (Å²) < 4.78 is 0. The van der Waals surface area contributed by atoms with Crippen molar-refractivity contribution in [3.05, 3.63) is 59.9 Å². The molecule has 3 rings (SSSR count). The largest absolute Gasteiger partial charge is 0.357 e. The van der Waals surface area contributed by atoms with Crippen LogP contribution in [0.3, 0.4) is 0 Å². The molecule has 1 unspecified atom stereocenters. The van der Waals surface area contributed by atoms with Crippen LogP contribution in [0, 0.1) is 0 Å². The predicted molar refractivity (Wildman–Crippen MR) is 78.6 cm³/mol. The summed E-state index contributed by atoms with van der Waals surface area (Å²) in [6.07, 6.45) is 2.68. The summed E-state index contributed by atoms with van der Waals surface area (Å²) in [6.45, 7) is 2.47. The zero-order chi connectivity index (χ0) is 13.8. The molecule has 0 aliphatic carbocycles. The standard InChI is InChI=1S/C16H19N3O/c20-16(15-7-4-8-18-15)19-10-9-17-12-14(19)11-13-5-2-1-3-6-13/h1-8,14,17-18H,9-12H2. The van der Waals surface area contributed by atoms with Crippen molar-refractivity contribution in [1.29, 1.82) is 0 Å². The molecule has 1 aliphatic rings. The maximum atomic E-state index is 12.5. The van der Waals surface area contributed by atoms with E-state index in [1.165, 1.54) is 5.56 Å². The fourth-order valence-corrected chi connectivity index (χ4v) is 2.71. The van der Waals surface area contributed by atoms with Gasteiger partial charge in [-0.25, -0.2) is 0 Å². The van der Waals surface area contributed by atoms with Gasteiger partial charge < -0.3 is 15.2 Å². The molecule has 2 N–H and O–H groups in total. The molecule has 2 aromatic rings. The van der Waals surface area contributed by atoms with Crippen molar-refractivity contribution in [3.63, 3.8) is 0 Å². The molecule has 1 aromatic carbocycles. The first kappa shape index (κ1) is 12.9. The molecule has 1 aromatic heterocycles. The van der Waals surface area contributed by atoms with Gasteiger partial charge in [-0.3, -0.25) is 4.79 Å². The van der Waals surface area contributed by atoms with Crippen LogP contribution in [-0.2, 0) is 6.42 Å². The number of hydrogen-bond donors (Lipinski definition) is 2. The number of hydrogen-bond acceptors (Lipinski definition) is 2. The highest BCUT2D eigenvalue weighted by molar-refractivity contribution is 5.92. The fourth-order valence-electron chi connectivity index (χ4n) is 2.71. The van der Waals surface area contributed by atoms with Gasteiger partial charge in [-0.2, -0.15) is 0 Å². The van der Waals surface area contributed by atoms with E-state index in [0.29, 0.717) is 5.69 Å². The SMILES string of the molecule is O=C(c1ccc[nH]1)N1CCNCC1Cc1ccccc1. The molecule has 4 nitrogen and oxygen atoms in total. The number of carbonyl (C=O) groups excluding carboxylic acids is 1. The molecule has 2 heterocycles. The minimum Gasteiger partial charge on any atom is -0.357 e. The second-order valence-corrected chi connectivity index (χ2v) is 5.13. The molecule has 1 atom stereocenters.